The fourth-order valence-electron chi connectivity index (χ4n) is 4.22. The van der Waals surface area contributed by atoms with E-state index in [-0.39, 0.29) is 17.7 Å². The van der Waals surface area contributed by atoms with Crippen molar-refractivity contribution in [2.24, 2.45) is 0 Å². The summed E-state index contributed by atoms with van der Waals surface area (Å²) in [7, 11) is 1.61. The lowest BCUT2D eigenvalue weighted by Gasteiger charge is -2.33. The molecule has 3 aromatic carbocycles. The summed E-state index contributed by atoms with van der Waals surface area (Å²) >= 11 is 6.02. The molecule has 1 atom stereocenters. The van der Waals surface area contributed by atoms with Crippen LogP contribution in [0.15, 0.2) is 72.8 Å². The molecule has 2 amide bonds. The Morgan fingerprint density at radius 2 is 1.82 bits per heavy atom. The van der Waals surface area contributed by atoms with Crippen molar-refractivity contribution in [1.82, 2.24) is 10.2 Å². The number of nitrogens with zero attached hydrogens (tertiary/aromatic N) is 1. The third-order valence-corrected chi connectivity index (χ3v) is 6.24. The zero-order valence-corrected chi connectivity index (χ0v) is 19.3. The van der Waals surface area contributed by atoms with Crippen LogP contribution in [0.25, 0.3) is 0 Å². The first-order valence-corrected chi connectivity index (χ1v) is 11.5. The van der Waals surface area contributed by atoms with Gasteiger partial charge in [-0.3, -0.25) is 9.59 Å². The molecule has 5 nitrogen and oxygen atoms in total. The average molecular weight is 463 g/mol. The van der Waals surface area contributed by atoms with Gasteiger partial charge in [0.15, 0.2) is 0 Å². The quantitative estimate of drug-likeness (QED) is 0.541. The first kappa shape index (κ1) is 22.9. The highest BCUT2D eigenvalue weighted by Crippen LogP contribution is 2.28. The molecule has 0 bridgehead atoms. The van der Waals surface area contributed by atoms with Crippen LogP contribution in [0.5, 0.6) is 5.75 Å². The molecule has 170 valence electrons. The van der Waals surface area contributed by atoms with Crippen LogP contribution >= 0.6 is 11.6 Å². The highest BCUT2D eigenvalue weighted by molar-refractivity contribution is 6.30. The van der Waals surface area contributed by atoms with Crippen molar-refractivity contribution >= 4 is 23.4 Å². The maximum Gasteiger partial charge on any atom is 0.253 e. The number of amides is 2. The van der Waals surface area contributed by atoms with Gasteiger partial charge in [0.1, 0.15) is 5.75 Å². The second-order valence-electron chi connectivity index (χ2n) is 8.26. The zero-order chi connectivity index (χ0) is 23.2. The van der Waals surface area contributed by atoms with E-state index in [4.69, 9.17) is 16.3 Å². The highest BCUT2D eigenvalue weighted by Gasteiger charge is 2.26. The molecule has 0 unspecified atom stereocenters. The molecule has 3 aromatic rings. The Kier molecular flexibility index (Phi) is 7.30. The van der Waals surface area contributed by atoms with Crippen molar-refractivity contribution in [3.05, 3.63) is 100 Å². The van der Waals surface area contributed by atoms with Crippen LogP contribution in [0, 0.1) is 0 Å². The molecule has 1 heterocycles. The Morgan fingerprint density at radius 3 is 2.58 bits per heavy atom. The van der Waals surface area contributed by atoms with Gasteiger partial charge in [-0.15, -0.1) is 0 Å². The summed E-state index contributed by atoms with van der Waals surface area (Å²) in [6.07, 6.45) is 1.91. The van der Waals surface area contributed by atoms with Crippen LogP contribution in [-0.2, 0) is 6.54 Å². The third kappa shape index (κ3) is 5.74. The number of carbonyl (C=O) groups is 2. The number of hydrogen-bond donors (Lipinski definition) is 1. The Balaban J connectivity index is 1.41. The Hall–Kier alpha value is -3.31. The normalized spacial score (nSPS) is 15.7. The summed E-state index contributed by atoms with van der Waals surface area (Å²) in [4.78, 5) is 27.6. The molecule has 33 heavy (non-hydrogen) atoms. The van der Waals surface area contributed by atoms with Gasteiger partial charge in [-0.05, 0) is 72.5 Å². The van der Waals surface area contributed by atoms with Gasteiger partial charge in [-0.1, -0.05) is 35.9 Å². The first-order valence-electron chi connectivity index (χ1n) is 11.1. The van der Waals surface area contributed by atoms with Gasteiger partial charge in [0.25, 0.3) is 11.8 Å². The molecule has 1 aliphatic heterocycles. The van der Waals surface area contributed by atoms with Crippen LogP contribution in [0.1, 0.15) is 50.6 Å². The van der Waals surface area contributed by atoms with Crippen molar-refractivity contribution in [2.45, 2.75) is 25.3 Å². The molecule has 1 fully saturated rings. The Labute approximate surface area is 199 Å². The summed E-state index contributed by atoms with van der Waals surface area (Å²) < 4.78 is 5.18. The van der Waals surface area contributed by atoms with E-state index in [0.29, 0.717) is 29.2 Å². The van der Waals surface area contributed by atoms with E-state index in [9.17, 15) is 9.59 Å². The largest absolute Gasteiger partial charge is 0.497 e. The van der Waals surface area contributed by atoms with Crippen LogP contribution in [0.3, 0.4) is 0 Å². The number of carbonyl (C=O) groups excluding carboxylic acids is 2. The third-order valence-electron chi connectivity index (χ3n) is 6.01. The van der Waals surface area contributed by atoms with E-state index in [1.54, 1.807) is 31.4 Å². The minimum absolute atomic E-state index is 0.0257. The number of likely N-dealkylation sites (tertiary alicyclic amines) is 1. The highest BCUT2D eigenvalue weighted by atomic mass is 35.5. The van der Waals surface area contributed by atoms with Crippen LogP contribution in [-0.4, -0.2) is 36.9 Å². The van der Waals surface area contributed by atoms with Crippen LogP contribution in [0.4, 0.5) is 0 Å². The van der Waals surface area contributed by atoms with Gasteiger partial charge < -0.3 is 15.0 Å². The monoisotopic (exact) mass is 462 g/mol. The zero-order valence-electron chi connectivity index (χ0n) is 18.6. The van der Waals surface area contributed by atoms with E-state index in [2.05, 4.69) is 5.32 Å². The Morgan fingerprint density at radius 1 is 1.03 bits per heavy atom. The van der Waals surface area contributed by atoms with E-state index >= 15 is 0 Å². The number of rotatable bonds is 6. The van der Waals surface area contributed by atoms with Gasteiger partial charge in [0.2, 0.25) is 0 Å². The lowest BCUT2D eigenvalue weighted by molar-refractivity contribution is 0.0706. The number of ether oxygens (including phenoxy) is 1. The maximum atomic E-state index is 13.0. The Bertz CT molecular complexity index is 1130. The predicted octanol–water partition coefficient (Wildman–Crippen LogP) is 5.30. The summed E-state index contributed by atoms with van der Waals surface area (Å²) in [5.41, 5.74) is 3.31. The smallest absolute Gasteiger partial charge is 0.253 e. The van der Waals surface area contributed by atoms with Gasteiger partial charge in [0.05, 0.1) is 7.11 Å². The molecule has 0 saturated carbocycles. The molecule has 0 aromatic heterocycles. The predicted molar refractivity (Wildman–Crippen MR) is 130 cm³/mol. The molecule has 0 spiro atoms. The molecule has 1 aliphatic rings. The second kappa shape index (κ2) is 10.5. The van der Waals surface area contributed by atoms with E-state index in [0.717, 1.165) is 36.3 Å². The standard InChI is InChI=1S/C27H27ClN2O3/c1-33-25-12-10-20(11-13-25)27(32)30-14-4-8-23(18-30)21-6-3-7-22(16-21)26(31)29-17-19-5-2-9-24(28)15-19/h2-3,5-7,9-13,15-16,23H,4,8,14,17-18H2,1H3,(H,29,31)/t23-/m0/s1. The molecule has 1 saturated heterocycles. The van der Waals surface area contributed by atoms with E-state index < -0.39 is 0 Å². The lowest BCUT2D eigenvalue weighted by atomic mass is 9.89. The SMILES string of the molecule is COc1ccc(C(=O)N2CCC[C@H](c3cccc(C(=O)NCc4cccc(Cl)c4)c3)C2)cc1. The van der Waals surface area contributed by atoms with Gasteiger partial charge in [-0.25, -0.2) is 0 Å². The van der Waals surface area contributed by atoms with Crippen molar-refractivity contribution in [3.8, 4) is 5.75 Å². The van der Waals surface area contributed by atoms with Crippen LogP contribution in [0.2, 0.25) is 5.02 Å². The fourth-order valence-corrected chi connectivity index (χ4v) is 4.43. The summed E-state index contributed by atoms with van der Waals surface area (Å²) in [6.45, 7) is 1.79. The first-order chi connectivity index (χ1) is 16.0. The fraction of sp³-hybridized carbons (Fsp3) is 0.259. The molecule has 6 heteroatoms. The van der Waals surface area contributed by atoms with Crippen molar-refractivity contribution in [1.29, 1.82) is 0 Å². The summed E-state index contributed by atoms with van der Waals surface area (Å²) in [5, 5.41) is 3.61. The van der Waals surface area contributed by atoms with Gasteiger partial charge in [0, 0.05) is 41.7 Å². The number of halogens is 1. The molecular weight excluding hydrogens is 436 g/mol. The van der Waals surface area contributed by atoms with Crippen molar-refractivity contribution in [3.63, 3.8) is 0 Å². The molecule has 0 radical (unpaired) electrons. The molecule has 0 aliphatic carbocycles. The topological polar surface area (TPSA) is 58.6 Å². The number of benzene rings is 3. The molecular formula is C27H27ClN2O3. The summed E-state index contributed by atoms with van der Waals surface area (Å²) in [5.74, 6) is 0.826. The minimum atomic E-state index is -0.126. The minimum Gasteiger partial charge on any atom is -0.497 e. The van der Waals surface area contributed by atoms with Crippen molar-refractivity contribution in [2.75, 3.05) is 20.2 Å². The van der Waals surface area contributed by atoms with Crippen LogP contribution < -0.4 is 10.1 Å². The van der Waals surface area contributed by atoms with Crippen molar-refractivity contribution < 1.29 is 14.3 Å². The van der Waals surface area contributed by atoms with Gasteiger partial charge in [-0.2, -0.15) is 0 Å². The molecule has 1 N–H and O–H groups in total. The maximum absolute atomic E-state index is 13.0. The number of nitrogens with one attached hydrogen (secondary N) is 1. The lowest BCUT2D eigenvalue weighted by Crippen LogP contribution is -2.39. The number of methoxy groups -OCH3 is 1. The average Bonchev–Trinajstić information content (AvgIpc) is 2.87. The molecule has 4 rings (SSSR count). The summed E-state index contributed by atoms with van der Waals surface area (Å²) in [6, 6.07) is 22.4. The number of piperidine rings is 1. The number of hydrogen-bond acceptors (Lipinski definition) is 3. The van der Waals surface area contributed by atoms with E-state index in [1.165, 1.54) is 0 Å². The van der Waals surface area contributed by atoms with Gasteiger partial charge >= 0.3 is 0 Å². The second-order valence-corrected chi connectivity index (χ2v) is 8.69. The van der Waals surface area contributed by atoms with E-state index in [1.807, 2.05) is 53.4 Å².